The van der Waals surface area contributed by atoms with E-state index in [0.717, 1.165) is 19.3 Å². The highest BCUT2D eigenvalue weighted by Crippen LogP contribution is 2.53. The average Bonchev–Trinajstić information content (AvgIpc) is 2.86. The van der Waals surface area contributed by atoms with Crippen LogP contribution in [-0.2, 0) is 9.53 Å². The molecule has 0 aromatic carbocycles. The third kappa shape index (κ3) is 1.57. The van der Waals surface area contributed by atoms with Crippen molar-refractivity contribution < 1.29 is 14.6 Å². The van der Waals surface area contributed by atoms with Crippen molar-refractivity contribution in [1.82, 2.24) is 0 Å². The summed E-state index contributed by atoms with van der Waals surface area (Å²) in [7, 11) is 1.41. The van der Waals surface area contributed by atoms with Crippen LogP contribution in [0.1, 0.15) is 19.3 Å². The van der Waals surface area contributed by atoms with Gasteiger partial charge in [-0.15, -0.1) is 0 Å². The van der Waals surface area contributed by atoms with E-state index in [2.05, 4.69) is 0 Å². The van der Waals surface area contributed by atoms with Crippen molar-refractivity contribution in [2.45, 2.75) is 25.4 Å². The number of ether oxygens (including phenoxy) is 1. The quantitative estimate of drug-likeness (QED) is 0.505. The molecule has 3 heteroatoms. The van der Waals surface area contributed by atoms with Crippen molar-refractivity contribution in [3.8, 4) is 0 Å². The Bertz CT molecular complexity index is 259. The van der Waals surface area contributed by atoms with Crippen LogP contribution < -0.4 is 0 Å². The lowest BCUT2D eigenvalue weighted by molar-refractivity contribution is -0.143. The van der Waals surface area contributed by atoms with Gasteiger partial charge in [-0.2, -0.15) is 0 Å². The average molecular weight is 196 g/mol. The molecule has 0 spiro atoms. The molecule has 0 saturated heterocycles. The standard InChI is InChI=1S/C11H16O3/c1-14-11(13)10-7-5-3-2-4-6-8(12)9(7)10/h4,6-10,12H,2-3,5H2,1H3/b6-4+/t7-,8+,9-,10-/m0/s1. The Morgan fingerprint density at radius 3 is 3.07 bits per heavy atom. The maximum Gasteiger partial charge on any atom is 0.309 e. The molecule has 4 atom stereocenters. The topological polar surface area (TPSA) is 46.5 Å². The molecule has 0 aromatic heterocycles. The van der Waals surface area contributed by atoms with Crippen molar-refractivity contribution in [2.24, 2.45) is 17.8 Å². The molecule has 2 rings (SSSR count). The van der Waals surface area contributed by atoms with Crippen LogP contribution in [0.15, 0.2) is 12.2 Å². The zero-order valence-corrected chi connectivity index (χ0v) is 8.35. The fraction of sp³-hybridized carbons (Fsp3) is 0.727. The molecule has 3 nitrogen and oxygen atoms in total. The molecule has 78 valence electrons. The summed E-state index contributed by atoms with van der Waals surface area (Å²) in [5.74, 6) is 0.244. The first-order valence-corrected chi connectivity index (χ1v) is 5.18. The lowest BCUT2D eigenvalue weighted by Gasteiger charge is -2.06. The molecule has 0 bridgehead atoms. The maximum atomic E-state index is 11.4. The Labute approximate surface area is 83.8 Å². The molecule has 2 aliphatic rings. The molecular formula is C11H16O3. The lowest BCUT2D eigenvalue weighted by atomic mass is 10.0. The maximum absolute atomic E-state index is 11.4. The van der Waals surface area contributed by atoms with Crippen LogP contribution in [0, 0.1) is 17.8 Å². The monoisotopic (exact) mass is 196 g/mol. The molecule has 0 amide bonds. The highest BCUT2D eigenvalue weighted by atomic mass is 16.5. The molecule has 0 unspecified atom stereocenters. The Kier molecular flexibility index (Phi) is 2.59. The molecule has 14 heavy (non-hydrogen) atoms. The minimum atomic E-state index is -0.454. The first-order valence-electron chi connectivity index (χ1n) is 5.18. The van der Waals surface area contributed by atoms with Gasteiger partial charge in [-0.05, 0) is 25.2 Å². The summed E-state index contributed by atoms with van der Waals surface area (Å²) in [6, 6.07) is 0. The predicted molar refractivity (Wildman–Crippen MR) is 51.5 cm³/mol. The molecule has 2 aliphatic carbocycles. The first kappa shape index (κ1) is 9.71. The van der Waals surface area contributed by atoms with Crippen LogP contribution >= 0.6 is 0 Å². The van der Waals surface area contributed by atoms with Crippen molar-refractivity contribution in [3.63, 3.8) is 0 Å². The Morgan fingerprint density at radius 1 is 1.57 bits per heavy atom. The van der Waals surface area contributed by atoms with Gasteiger partial charge in [0, 0.05) is 5.92 Å². The van der Waals surface area contributed by atoms with Crippen molar-refractivity contribution in [2.75, 3.05) is 7.11 Å². The van der Waals surface area contributed by atoms with Crippen molar-refractivity contribution >= 4 is 5.97 Å². The normalized spacial score (nSPS) is 43.0. The van der Waals surface area contributed by atoms with Gasteiger partial charge >= 0.3 is 5.97 Å². The molecule has 1 N–H and O–H groups in total. The molecular weight excluding hydrogens is 180 g/mol. The van der Waals surface area contributed by atoms with Gasteiger partial charge in [0.25, 0.3) is 0 Å². The molecule has 1 fully saturated rings. The van der Waals surface area contributed by atoms with Crippen molar-refractivity contribution in [3.05, 3.63) is 12.2 Å². The van der Waals surface area contributed by atoms with Crippen LogP contribution in [0.25, 0.3) is 0 Å². The number of carbonyl (C=O) groups is 1. The number of fused-ring (bicyclic) bond motifs is 1. The predicted octanol–water partition coefficient (Wildman–Crippen LogP) is 1.12. The number of methoxy groups -OCH3 is 1. The van der Waals surface area contributed by atoms with E-state index in [1.807, 2.05) is 12.2 Å². The van der Waals surface area contributed by atoms with Crippen LogP contribution in [0.5, 0.6) is 0 Å². The summed E-state index contributed by atoms with van der Waals surface area (Å²) >= 11 is 0. The summed E-state index contributed by atoms with van der Waals surface area (Å²) in [5.41, 5.74) is 0. The SMILES string of the molecule is COC(=O)[C@H]1[C@H]2CCC/C=C/[C@@H](O)[C@H]21. The number of hydrogen-bond donors (Lipinski definition) is 1. The van der Waals surface area contributed by atoms with E-state index >= 15 is 0 Å². The third-order valence-electron chi connectivity index (χ3n) is 3.34. The minimum absolute atomic E-state index is 0.0576. The zero-order chi connectivity index (χ0) is 10.1. The molecule has 0 aliphatic heterocycles. The van der Waals surface area contributed by atoms with E-state index in [-0.39, 0.29) is 17.8 Å². The van der Waals surface area contributed by atoms with E-state index in [1.54, 1.807) is 0 Å². The van der Waals surface area contributed by atoms with E-state index in [1.165, 1.54) is 7.11 Å². The van der Waals surface area contributed by atoms with Gasteiger partial charge < -0.3 is 9.84 Å². The van der Waals surface area contributed by atoms with E-state index in [4.69, 9.17) is 4.74 Å². The van der Waals surface area contributed by atoms with Gasteiger partial charge in [0.1, 0.15) is 0 Å². The van der Waals surface area contributed by atoms with Gasteiger partial charge in [0.15, 0.2) is 0 Å². The Hall–Kier alpha value is -0.830. The molecule has 1 saturated carbocycles. The van der Waals surface area contributed by atoms with Crippen LogP contribution in [0.3, 0.4) is 0 Å². The smallest absolute Gasteiger partial charge is 0.309 e. The van der Waals surface area contributed by atoms with Crippen LogP contribution in [-0.4, -0.2) is 24.3 Å². The minimum Gasteiger partial charge on any atom is -0.469 e. The number of aliphatic hydroxyl groups excluding tert-OH is 1. The highest BCUT2D eigenvalue weighted by molar-refractivity contribution is 5.76. The zero-order valence-electron chi connectivity index (χ0n) is 8.35. The van der Waals surface area contributed by atoms with E-state index in [9.17, 15) is 9.90 Å². The summed E-state index contributed by atoms with van der Waals surface area (Å²) in [6.07, 6.45) is 6.52. The van der Waals surface area contributed by atoms with Gasteiger partial charge in [-0.1, -0.05) is 12.2 Å². The van der Waals surface area contributed by atoms with E-state index < -0.39 is 6.10 Å². The fourth-order valence-corrected chi connectivity index (χ4v) is 2.54. The first-order chi connectivity index (χ1) is 6.75. The largest absolute Gasteiger partial charge is 0.469 e. The van der Waals surface area contributed by atoms with Gasteiger partial charge in [0.05, 0.1) is 19.1 Å². The summed E-state index contributed by atoms with van der Waals surface area (Å²) in [6.45, 7) is 0. The van der Waals surface area contributed by atoms with Crippen LogP contribution in [0.4, 0.5) is 0 Å². The second-order valence-corrected chi connectivity index (χ2v) is 4.14. The second-order valence-electron chi connectivity index (χ2n) is 4.14. The Balaban J connectivity index is 2.06. The Morgan fingerprint density at radius 2 is 2.36 bits per heavy atom. The number of aliphatic hydroxyl groups is 1. The van der Waals surface area contributed by atoms with Gasteiger partial charge in [-0.25, -0.2) is 0 Å². The number of carbonyl (C=O) groups excluding carboxylic acids is 1. The fourth-order valence-electron chi connectivity index (χ4n) is 2.54. The van der Waals surface area contributed by atoms with E-state index in [0.29, 0.717) is 5.92 Å². The van der Waals surface area contributed by atoms with Gasteiger partial charge in [-0.3, -0.25) is 4.79 Å². The third-order valence-corrected chi connectivity index (χ3v) is 3.34. The summed E-state index contributed by atoms with van der Waals surface area (Å²) in [5, 5.41) is 9.74. The van der Waals surface area contributed by atoms with Crippen LogP contribution in [0.2, 0.25) is 0 Å². The van der Waals surface area contributed by atoms with Gasteiger partial charge in [0.2, 0.25) is 0 Å². The molecule has 0 aromatic rings. The second kappa shape index (κ2) is 3.73. The molecule has 0 heterocycles. The highest BCUT2D eigenvalue weighted by Gasteiger charge is 2.57. The number of esters is 1. The summed E-state index contributed by atoms with van der Waals surface area (Å²) in [4.78, 5) is 11.4. The van der Waals surface area contributed by atoms with Crippen molar-refractivity contribution in [1.29, 1.82) is 0 Å². The number of hydrogen-bond acceptors (Lipinski definition) is 3. The number of rotatable bonds is 1. The number of allylic oxidation sites excluding steroid dienone is 1. The lowest BCUT2D eigenvalue weighted by Crippen LogP contribution is -2.12. The molecule has 0 radical (unpaired) electrons. The summed E-state index contributed by atoms with van der Waals surface area (Å²) < 4.78 is 4.72.